The van der Waals surface area contributed by atoms with Crippen molar-refractivity contribution in [3.63, 3.8) is 0 Å². The number of thiocarbonyl (C=S) groups is 1. The van der Waals surface area contributed by atoms with Gasteiger partial charge < -0.3 is 5.32 Å². The maximum absolute atomic E-state index is 13.3. The number of amides is 1. The molecular weight excluding hydrogens is 406 g/mol. The Kier molecular flexibility index (Phi) is 6.14. The average Bonchev–Trinajstić information content (AvgIpc) is 3.10. The third kappa shape index (κ3) is 4.67. The smallest absolute Gasteiger partial charge is 0.262 e. The molecule has 7 heteroatoms. The summed E-state index contributed by atoms with van der Waals surface area (Å²) < 4.78 is 0. The van der Waals surface area contributed by atoms with Gasteiger partial charge in [0.05, 0.1) is 17.1 Å². The Morgan fingerprint density at radius 1 is 0.935 bits per heavy atom. The van der Waals surface area contributed by atoms with Gasteiger partial charge in [-0.1, -0.05) is 66.7 Å². The Hall–Kier alpha value is -3.84. The maximum Gasteiger partial charge on any atom is 0.262 e. The molecule has 1 aliphatic heterocycles. The minimum absolute atomic E-state index is 0.157. The first-order valence-electron chi connectivity index (χ1n) is 9.82. The highest BCUT2D eigenvalue weighted by Crippen LogP contribution is 2.26. The second kappa shape index (κ2) is 9.32. The third-order valence-corrected chi connectivity index (χ3v) is 4.98. The number of benzene rings is 3. The molecule has 0 spiro atoms. The van der Waals surface area contributed by atoms with Crippen molar-refractivity contribution in [2.24, 2.45) is 16.1 Å². The Balaban J connectivity index is 1.61. The van der Waals surface area contributed by atoms with Crippen LogP contribution in [0.5, 0.6) is 0 Å². The molecule has 1 aliphatic rings. The lowest BCUT2D eigenvalue weighted by molar-refractivity contribution is -0.118. The van der Waals surface area contributed by atoms with Gasteiger partial charge in [-0.25, -0.2) is 0 Å². The minimum atomic E-state index is -0.616. The van der Waals surface area contributed by atoms with Crippen LogP contribution < -0.4 is 15.8 Å². The molecule has 31 heavy (non-hydrogen) atoms. The zero-order chi connectivity index (χ0) is 21.6. The highest BCUT2D eigenvalue weighted by Gasteiger charge is 2.38. The van der Waals surface area contributed by atoms with Crippen molar-refractivity contribution >= 4 is 46.0 Å². The fourth-order valence-corrected chi connectivity index (χ4v) is 3.49. The SMILES string of the molecule is CC1=NN(c2ccccc2)C(=O)[C@H]1/C(=N/NC(=S)Nc1ccccc1)c1ccccc1. The van der Waals surface area contributed by atoms with Gasteiger partial charge in [0, 0.05) is 5.69 Å². The fourth-order valence-electron chi connectivity index (χ4n) is 3.33. The van der Waals surface area contributed by atoms with Crippen LogP contribution in [0.25, 0.3) is 0 Å². The molecule has 0 bridgehead atoms. The Bertz CT molecular complexity index is 1130. The highest BCUT2D eigenvalue weighted by molar-refractivity contribution is 7.80. The molecule has 6 nitrogen and oxygen atoms in total. The molecule has 0 saturated heterocycles. The van der Waals surface area contributed by atoms with Crippen LogP contribution in [0, 0.1) is 5.92 Å². The first-order valence-corrected chi connectivity index (χ1v) is 10.2. The van der Waals surface area contributed by atoms with Crippen molar-refractivity contribution in [2.75, 3.05) is 10.3 Å². The van der Waals surface area contributed by atoms with E-state index in [4.69, 9.17) is 12.2 Å². The number of para-hydroxylation sites is 2. The molecule has 1 heterocycles. The van der Waals surface area contributed by atoms with E-state index in [-0.39, 0.29) is 5.91 Å². The molecule has 0 aromatic heterocycles. The Morgan fingerprint density at radius 3 is 2.16 bits per heavy atom. The summed E-state index contributed by atoms with van der Waals surface area (Å²) in [5.41, 5.74) is 6.50. The van der Waals surface area contributed by atoms with E-state index in [2.05, 4.69) is 20.9 Å². The molecule has 0 saturated carbocycles. The standard InChI is InChI=1S/C24H21N5OS/c1-17-21(23(30)29(28-17)20-15-9-4-10-16-20)22(18-11-5-2-6-12-18)26-27-24(31)25-19-13-7-3-8-14-19/h2-16,21H,1H3,(H2,25,27,31)/b26-22+/t21-/m1/s1. The van der Waals surface area contributed by atoms with E-state index in [0.717, 1.165) is 16.9 Å². The van der Waals surface area contributed by atoms with Crippen molar-refractivity contribution in [1.29, 1.82) is 0 Å². The summed E-state index contributed by atoms with van der Waals surface area (Å²) in [7, 11) is 0. The van der Waals surface area contributed by atoms with Crippen molar-refractivity contribution in [1.82, 2.24) is 5.43 Å². The number of hydrazone groups is 2. The maximum atomic E-state index is 13.3. The summed E-state index contributed by atoms with van der Waals surface area (Å²) in [6.07, 6.45) is 0. The largest absolute Gasteiger partial charge is 0.331 e. The molecule has 0 radical (unpaired) electrons. The van der Waals surface area contributed by atoms with Crippen LogP contribution in [0.1, 0.15) is 12.5 Å². The lowest BCUT2D eigenvalue weighted by atomic mass is 9.93. The van der Waals surface area contributed by atoms with E-state index in [1.807, 2.05) is 97.9 Å². The lowest BCUT2D eigenvalue weighted by Crippen LogP contribution is -2.35. The summed E-state index contributed by atoms with van der Waals surface area (Å²) in [4.78, 5) is 13.3. The number of anilines is 2. The predicted octanol–water partition coefficient (Wildman–Crippen LogP) is 4.42. The van der Waals surface area contributed by atoms with E-state index in [1.165, 1.54) is 5.01 Å². The molecule has 0 aliphatic carbocycles. The number of nitrogens with one attached hydrogen (secondary N) is 2. The average molecular weight is 428 g/mol. The molecule has 1 amide bonds. The minimum Gasteiger partial charge on any atom is -0.331 e. The van der Waals surface area contributed by atoms with Crippen LogP contribution in [0.15, 0.2) is 101 Å². The fraction of sp³-hybridized carbons (Fsp3) is 0.0833. The molecule has 3 aromatic carbocycles. The highest BCUT2D eigenvalue weighted by atomic mass is 32.1. The van der Waals surface area contributed by atoms with Gasteiger partial charge in [0.1, 0.15) is 5.92 Å². The second-order valence-electron chi connectivity index (χ2n) is 6.96. The number of carbonyl (C=O) groups is 1. The van der Waals surface area contributed by atoms with Crippen LogP contribution in [0.3, 0.4) is 0 Å². The van der Waals surface area contributed by atoms with Gasteiger partial charge in [0.2, 0.25) is 0 Å². The summed E-state index contributed by atoms with van der Waals surface area (Å²) in [6.45, 7) is 1.84. The molecule has 4 rings (SSSR count). The van der Waals surface area contributed by atoms with Gasteiger partial charge in [0.15, 0.2) is 5.11 Å². The van der Waals surface area contributed by atoms with E-state index >= 15 is 0 Å². The summed E-state index contributed by atoms with van der Waals surface area (Å²) in [6, 6.07) is 28.5. The Morgan fingerprint density at radius 2 is 1.52 bits per heavy atom. The molecule has 3 aromatic rings. The summed E-state index contributed by atoms with van der Waals surface area (Å²) in [5, 5.41) is 13.9. The predicted molar refractivity (Wildman–Crippen MR) is 129 cm³/mol. The first-order chi connectivity index (χ1) is 15.1. The van der Waals surface area contributed by atoms with Gasteiger partial charge in [-0.05, 0) is 49.0 Å². The van der Waals surface area contributed by atoms with Crippen LogP contribution in [-0.2, 0) is 4.79 Å². The quantitative estimate of drug-likeness (QED) is 0.359. The molecule has 2 N–H and O–H groups in total. The third-order valence-electron chi connectivity index (χ3n) is 4.78. The zero-order valence-electron chi connectivity index (χ0n) is 16.9. The van der Waals surface area contributed by atoms with Crippen molar-refractivity contribution in [3.8, 4) is 0 Å². The van der Waals surface area contributed by atoms with Crippen LogP contribution >= 0.6 is 12.2 Å². The second-order valence-corrected chi connectivity index (χ2v) is 7.36. The van der Waals surface area contributed by atoms with Gasteiger partial charge in [-0.3, -0.25) is 10.2 Å². The van der Waals surface area contributed by atoms with Crippen molar-refractivity contribution < 1.29 is 4.79 Å². The number of nitrogens with zero attached hydrogens (tertiary/aromatic N) is 3. The molecule has 154 valence electrons. The molecule has 1 atom stereocenters. The van der Waals surface area contributed by atoms with Crippen molar-refractivity contribution in [3.05, 3.63) is 96.6 Å². The van der Waals surface area contributed by atoms with E-state index in [1.54, 1.807) is 0 Å². The van der Waals surface area contributed by atoms with Gasteiger partial charge in [-0.2, -0.15) is 15.2 Å². The monoisotopic (exact) mass is 427 g/mol. The van der Waals surface area contributed by atoms with E-state index in [9.17, 15) is 4.79 Å². The van der Waals surface area contributed by atoms with Gasteiger partial charge in [-0.15, -0.1) is 0 Å². The van der Waals surface area contributed by atoms with E-state index < -0.39 is 5.92 Å². The number of carbonyl (C=O) groups excluding carboxylic acids is 1. The lowest BCUT2D eigenvalue weighted by Gasteiger charge is -2.17. The normalized spacial score (nSPS) is 16.1. The van der Waals surface area contributed by atoms with Crippen LogP contribution in [0.2, 0.25) is 0 Å². The molecule has 0 fully saturated rings. The van der Waals surface area contributed by atoms with Gasteiger partial charge >= 0.3 is 0 Å². The molecule has 0 unspecified atom stereocenters. The number of hydrogen-bond acceptors (Lipinski definition) is 4. The van der Waals surface area contributed by atoms with Gasteiger partial charge in [0.25, 0.3) is 5.91 Å². The molecular formula is C24H21N5OS. The van der Waals surface area contributed by atoms with Crippen LogP contribution in [-0.4, -0.2) is 22.4 Å². The first kappa shape index (κ1) is 20.4. The van der Waals surface area contributed by atoms with E-state index in [0.29, 0.717) is 16.5 Å². The topological polar surface area (TPSA) is 69.1 Å². The van der Waals surface area contributed by atoms with Crippen molar-refractivity contribution in [2.45, 2.75) is 6.92 Å². The zero-order valence-corrected chi connectivity index (χ0v) is 17.7. The Labute approximate surface area is 186 Å². The summed E-state index contributed by atoms with van der Waals surface area (Å²) >= 11 is 5.38. The number of rotatable bonds is 5. The van der Waals surface area contributed by atoms with Crippen LogP contribution in [0.4, 0.5) is 11.4 Å². The summed E-state index contributed by atoms with van der Waals surface area (Å²) in [5.74, 6) is -0.773. The number of hydrogen-bond donors (Lipinski definition) is 2.